The molecule has 26 heavy (non-hydrogen) atoms. The Kier molecular flexibility index (Phi) is 9.63. The Morgan fingerprint density at radius 1 is 1.23 bits per heavy atom. The quantitative estimate of drug-likeness (QED) is 0.330. The summed E-state index contributed by atoms with van der Waals surface area (Å²) in [5.41, 5.74) is -0.113. The van der Waals surface area contributed by atoms with Gasteiger partial charge in [-0.25, -0.2) is 8.42 Å². The van der Waals surface area contributed by atoms with Crippen molar-refractivity contribution in [1.82, 2.24) is 15.1 Å². The molecule has 6 nitrogen and oxygen atoms in total. The Bertz CT molecular complexity index is 560. The van der Waals surface area contributed by atoms with Crippen LogP contribution in [0.25, 0.3) is 0 Å². The van der Waals surface area contributed by atoms with Crippen LogP contribution >= 0.6 is 24.0 Å². The minimum absolute atomic E-state index is 0. The maximum absolute atomic E-state index is 11.4. The van der Waals surface area contributed by atoms with Crippen molar-refractivity contribution in [2.45, 2.75) is 52.5 Å². The summed E-state index contributed by atoms with van der Waals surface area (Å²) in [5, 5.41) is 3.42. The zero-order valence-corrected chi connectivity index (χ0v) is 20.0. The molecule has 154 valence electrons. The second-order valence-electron chi connectivity index (χ2n) is 8.35. The molecule has 0 amide bonds. The smallest absolute Gasteiger partial charge is 0.193 e. The van der Waals surface area contributed by atoms with Gasteiger partial charge in [0.15, 0.2) is 5.96 Å². The van der Waals surface area contributed by atoms with Crippen molar-refractivity contribution >= 4 is 39.8 Å². The lowest BCUT2D eigenvalue weighted by Gasteiger charge is -2.27. The van der Waals surface area contributed by atoms with Gasteiger partial charge in [0.25, 0.3) is 0 Å². The first-order chi connectivity index (χ1) is 11.7. The first-order valence-electron chi connectivity index (χ1n) is 9.65. The highest BCUT2D eigenvalue weighted by molar-refractivity contribution is 14.0. The van der Waals surface area contributed by atoms with Crippen molar-refractivity contribution in [2.75, 3.05) is 51.3 Å². The molecule has 1 unspecified atom stereocenters. The molecular formula is C18H37IN4O2S. The molecule has 0 aromatic carbocycles. The second kappa shape index (κ2) is 10.5. The molecule has 8 heteroatoms. The first kappa shape index (κ1) is 23.9. The average molecular weight is 500 g/mol. The summed E-state index contributed by atoms with van der Waals surface area (Å²) >= 11 is 0. The third-order valence-corrected chi connectivity index (χ3v) is 6.21. The molecule has 0 spiro atoms. The molecule has 0 bridgehead atoms. The predicted molar refractivity (Wildman–Crippen MR) is 120 cm³/mol. The van der Waals surface area contributed by atoms with Gasteiger partial charge in [0.2, 0.25) is 0 Å². The molecule has 0 saturated carbocycles. The summed E-state index contributed by atoms with van der Waals surface area (Å²) in [5.74, 6) is 1.21. The maximum Gasteiger partial charge on any atom is 0.193 e. The highest BCUT2D eigenvalue weighted by atomic mass is 127. The zero-order chi connectivity index (χ0) is 18.5. The van der Waals surface area contributed by atoms with E-state index < -0.39 is 9.84 Å². The van der Waals surface area contributed by atoms with Crippen LogP contribution in [0.1, 0.15) is 46.5 Å². The molecule has 2 aliphatic rings. The summed E-state index contributed by atoms with van der Waals surface area (Å²) in [6.45, 7) is 12.4. The van der Waals surface area contributed by atoms with E-state index in [9.17, 15) is 8.42 Å². The molecule has 2 fully saturated rings. The van der Waals surface area contributed by atoms with Crippen LogP contribution in [0.4, 0.5) is 0 Å². The van der Waals surface area contributed by atoms with Crippen molar-refractivity contribution in [2.24, 2.45) is 10.4 Å². The molecular weight excluding hydrogens is 463 g/mol. The molecule has 1 atom stereocenters. The van der Waals surface area contributed by atoms with Crippen molar-refractivity contribution in [1.29, 1.82) is 0 Å². The fourth-order valence-corrected chi connectivity index (χ4v) is 4.52. The molecule has 2 aliphatic heterocycles. The topological polar surface area (TPSA) is 65.0 Å². The summed E-state index contributed by atoms with van der Waals surface area (Å²) < 4.78 is 22.9. The second-order valence-corrected chi connectivity index (χ2v) is 10.6. The maximum atomic E-state index is 11.4. The van der Waals surface area contributed by atoms with Gasteiger partial charge in [-0.05, 0) is 51.1 Å². The molecule has 0 aromatic heterocycles. The lowest BCUT2D eigenvalue weighted by atomic mass is 9.90. The van der Waals surface area contributed by atoms with Gasteiger partial charge in [-0.1, -0.05) is 13.8 Å². The van der Waals surface area contributed by atoms with E-state index >= 15 is 0 Å². The molecule has 2 saturated heterocycles. The number of sulfone groups is 1. The SMILES string of the molecule is CCNC(=NCC(C)(C)CCS(C)(=O)=O)N1CCC(N2CCCC2)C1.I. The summed E-state index contributed by atoms with van der Waals surface area (Å²) in [6, 6.07) is 0.657. The number of hydrogen-bond acceptors (Lipinski definition) is 4. The summed E-state index contributed by atoms with van der Waals surface area (Å²) in [4.78, 5) is 9.85. The molecule has 0 aliphatic carbocycles. The number of rotatable bonds is 7. The van der Waals surface area contributed by atoms with Crippen molar-refractivity contribution < 1.29 is 8.42 Å². The van der Waals surface area contributed by atoms with Crippen LogP contribution in [0.5, 0.6) is 0 Å². The third kappa shape index (κ3) is 7.88. The van der Waals surface area contributed by atoms with Crippen LogP contribution < -0.4 is 5.32 Å². The van der Waals surface area contributed by atoms with Crippen molar-refractivity contribution in [3.05, 3.63) is 0 Å². The molecule has 1 N–H and O–H groups in total. The van der Waals surface area contributed by atoms with Gasteiger partial charge >= 0.3 is 0 Å². The van der Waals surface area contributed by atoms with Crippen LogP contribution in [-0.2, 0) is 9.84 Å². The largest absolute Gasteiger partial charge is 0.357 e. The summed E-state index contributed by atoms with van der Waals surface area (Å²) in [6.07, 6.45) is 5.82. The van der Waals surface area contributed by atoms with Gasteiger partial charge in [-0.3, -0.25) is 9.89 Å². The van der Waals surface area contributed by atoms with E-state index in [1.807, 2.05) is 0 Å². The van der Waals surface area contributed by atoms with Gasteiger partial charge in [0.1, 0.15) is 9.84 Å². The van der Waals surface area contributed by atoms with E-state index in [0.717, 1.165) is 25.6 Å². The first-order valence-corrected chi connectivity index (χ1v) is 11.7. The molecule has 0 aromatic rings. The van der Waals surface area contributed by atoms with Gasteiger partial charge in [0, 0.05) is 38.5 Å². The Morgan fingerprint density at radius 2 is 1.88 bits per heavy atom. The van der Waals surface area contributed by atoms with Gasteiger partial charge in [-0.2, -0.15) is 0 Å². The Morgan fingerprint density at radius 3 is 2.46 bits per heavy atom. The van der Waals surface area contributed by atoms with Gasteiger partial charge in [-0.15, -0.1) is 24.0 Å². The van der Waals surface area contributed by atoms with Crippen LogP contribution in [0.2, 0.25) is 0 Å². The van der Waals surface area contributed by atoms with Crippen LogP contribution in [-0.4, -0.2) is 81.5 Å². The highest BCUT2D eigenvalue weighted by Gasteiger charge is 2.31. The fraction of sp³-hybridized carbons (Fsp3) is 0.944. The van der Waals surface area contributed by atoms with Crippen LogP contribution in [0.15, 0.2) is 4.99 Å². The average Bonchev–Trinajstić information content (AvgIpc) is 3.19. The number of halogens is 1. The normalized spacial score (nSPS) is 22.5. The van der Waals surface area contributed by atoms with Crippen LogP contribution in [0.3, 0.4) is 0 Å². The predicted octanol–water partition coefficient (Wildman–Crippen LogP) is 2.20. The highest BCUT2D eigenvalue weighted by Crippen LogP contribution is 2.23. The van der Waals surface area contributed by atoms with E-state index in [1.165, 1.54) is 38.6 Å². The lowest BCUT2D eigenvalue weighted by Crippen LogP contribution is -2.43. The summed E-state index contributed by atoms with van der Waals surface area (Å²) in [7, 11) is -2.92. The Balaban J connectivity index is 0.00000338. The number of guanidine groups is 1. The van der Waals surface area contributed by atoms with Crippen molar-refractivity contribution in [3.63, 3.8) is 0 Å². The minimum Gasteiger partial charge on any atom is -0.357 e. The molecule has 2 rings (SSSR count). The van der Waals surface area contributed by atoms with Gasteiger partial charge < -0.3 is 10.2 Å². The van der Waals surface area contributed by atoms with E-state index in [1.54, 1.807) is 0 Å². The fourth-order valence-electron chi connectivity index (χ4n) is 3.59. The Labute approximate surface area is 177 Å². The minimum atomic E-state index is -2.92. The monoisotopic (exact) mass is 500 g/mol. The van der Waals surface area contributed by atoms with Gasteiger partial charge in [0.05, 0.1) is 5.75 Å². The number of aliphatic imine (C=N–C) groups is 1. The number of nitrogens with one attached hydrogen (secondary N) is 1. The lowest BCUT2D eigenvalue weighted by molar-refractivity contribution is 0.249. The number of nitrogens with zero attached hydrogens (tertiary/aromatic N) is 3. The Hall–Kier alpha value is -0.0900. The zero-order valence-electron chi connectivity index (χ0n) is 16.8. The number of hydrogen-bond donors (Lipinski definition) is 1. The standard InChI is InChI=1S/C18H36N4O2S.HI/c1-5-19-17(20-15-18(2,3)9-13-25(4,23)24)22-12-8-16(14-22)21-10-6-7-11-21;/h16H,5-15H2,1-4H3,(H,19,20);1H. The molecule has 2 heterocycles. The van der Waals surface area contributed by atoms with Crippen molar-refractivity contribution in [3.8, 4) is 0 Å². The third-order valence-electron chi connectivity index (χ3n) is 5.26. The van der Waals surface area contributed by atoms with E-state index in [0.29, 0.717) is 19.0 Å². The van der Waals surface area contributed by atoms with Crippen LogP contribution in [0, 0.1) is 5.41 Å². The van der Waals surface area contributed by atoms with E-state index in [-0.39, 0.29) is 35.1 Å². The molecule has 0 radical (unpaired) electrons. The van der Waals surface area contributed by atoms with E-state index in [2.05, 4.69) is 35.9 Å². The van der Waals surface area contributed by atoms with E-state index in [4.69, 9.17) is 4.99 Å². The number of likely N-dealkylation sites (tertiary alicyclic amines) is 2.